The number of rotatable bonds is 3. The van der Waals surface area contributed by atoms with Crippen LogP contribution < -0.4 is 10.6 Å². The fourth-order valence-corrected chi connectivity index (χ4v) is 3.28. The Hall–Kier alpha value is -2.41. The van der Waals surface area contributed by atoms with Gasteiger partial charge in [0.2, 0.25) is 0 Å². The van der Waals surface area contributed by atoms with Crippen molar-refractivity contribution in [2.45, 2.75) is 49.4 Å². The predicted molar refractivity (Wildman–Crippen MR) is 84.0 cm³/mol. The lowest BCUT2D eigenvalue weighted by Crippen LogP contribution is -2.42. The minimum Gasteiger partial charge on any atom is -0.391 e. The minimum absolute atomic E-state index is 0.186. The molecule has 4 atom stereocenters. The van der Waals surface area contributed by atoms with Crippen LogP contribution in [0.2, 0.25) is 0 Å². The summed E-state index contributed by atoms with van der Waals surface area (Å²) in [5.41, 5.74) is -1.61. The van der Waals surface area contributed by atoms with Crippen molar-refractivity contribution in [3.63, 3.8) is 0 Å². The van der Waals surface area contributed by atoms with Gasteiger partial charge in [0.25, 0.3) is 5.92 Å². The molecule has 0 aromatic heterocycles. The Kier molecular flexibility index (Phi) is 4.76. The molecule has 27 heavy (non-hydrogen) atoms. The van der Waals surface area contributed by atoms with Crippen molar-refractivity contribution in [1.82, 2.24) is 5.32 Å². The van der Waals surface area contributed by atoms with Crippen LogP contribution >= 0.6 is 0 Å². The van der Waals surface area contributed by atoms with Crippen LogP contribution in [-0.2, 0) is 6.18 Å². The standard InChI is InChI=1S/C17H16F5N3O2/c18-16(19)6-12(16)9-3-10(17(20,21)22)5-11(4-9)24-15(27)25-13-1-8(7-23)2-14(13)26/h3-5,8,12-14,26H,1-2,6H2,(H2,24,25,27)/t8-,12?,13+,14+/m0/s1. The fourth-order valence-electron chi connectivity index (χ4n) is 3.28. The molecule has 2 amide bonds. The van der Waals surface area contributed by atoms with E-state index in [1.165, 1.54) is 0 Å². The van der Waals surface area contributed by atoms with Crippen molar-refractivity contribution >= 4 is 11.7 Å². The van der Waals surface area contributed by atoms with Gasteiger partial charge in [0.1, 0.15) is 0 Å². The van der Waals surface area contributed by atoms with Crippen molar-refractivity contribution in [2.75, 3.05) is 5.32 Å². The Labute approximate surface area is 151 Å². The van der Waals surface area contributed by atoms with Gasteiger partial charge in [-0.1, -0.05) is 0 Å². The third-order valence-corrected chi connectivity index (χ3v) is 4.80. The van der Waals surface area contributed by atoms with Crippen molar-refractivity contribution in [2.24, 2.45) is 5.92 Å². The summed E-state index contributed by atoms with van der Waals surface area (Å²) in [5.74, 6) is -4.79. The molecule has 10 heteroatoms. The maximum Gasteiger partial charge on any atom is 0.416 e. The molecule has 1 aromatic rings. The van der Waals surface area contributed by atoms with Crippen molar-refractivity contribution in [1.29, 1.82) is 5.26 Å². The summed E-state index contributed by atoms with van der Waals surface area (Å²) >= 11 is 0. The maximum atomic E-state index is 13.3. The third-order valence-electron chi connectivity index (χ3n) is 4.80. The van der Waals surface area contributed by atoms with Gasteiger partial charge in [-0.15, -0.1) is 0 Å². The van der Waals surface area contributed by atoms with E-state index < -0.39 is 54.1 Å². The Morgan fingerprint density at radius 3 is 2.44 bits per heavy atom. The molecule has 2 fully saturated rings. The predicted octanol–water partition coefficient (Wildman–Crippen LogP) is 3.61. The summed E-state index contributed by atoms with van der Waals surface area (Å²) in [7, 11) is 0. The van der Waals surface area contributed by atoms with Crippen LogP contribution in [0.5, 0.6) is 0 Å². The highest BCUT2D eigenvalue weighted by Crippen LogP contribution is 2.56. The van der Waals surface area contributed by atoms with Crippen LogP contribution in [0.25, 0.3) is 0 Å². The zero-order valence-corrected chi connectivity index (χ0v) is 13.9. The molecule has 146 valence electrons. The Morgan fingerprint density at radius 1 is 1.26 bits per heavy atom. The summed E-state index contributed by atoms with van der Waals surface area (Å²) in [4.78, 5) is 12.0. The molecule has 0 bridgehead atoms. The highest BCUT2D eigenvalue weighted by Gasteiger charge is 2.57. The normalized spacial score (nSPS) is 29.1. The summed E-state index contributed by atoms with van der Waals surface area (Å²) in [6.07, 6.45) is -5.83. The number of nitrogens with zero attached hydrogens (tertiary/aromatic N) is 1. The van der Waals surface area contributed by atoms with E-state index in [2.05, 4.69) is 10.6 Å². The number of hydrogen-bond donors (Lipinski definition) is 3. The number of aliphatic hydroxyl groups is 1. The lowest BCUT2D eigenvalue weighted by Gasteiger charge is -2.18. The van der Waals surface area contributed by atoms with Gasteiger partial charge in [0.15, 0.2) is 0 Å². The van der Waals surface area contributed by atoms with Gasteiger partial charge in [-0.25, -0.2) is 13.6 Å². The first-order valence-corrected chi connectivity index (χ1v) is 8.25. The molecule has 3 rings (SSSR count). The zero-order chi connectivity index (χ0) is 20.0. The zero-order valence-electron chi connectivity index (χ0n) is 13.9. The van der Waals surface area contributed by atoms with Gasteiger partial charge in [-0.2, -0.15) is 18.4 Å². The minimum atomic E-state index is -4.76. The number of nitriles is 1. The molecular weight excluding hydrogens is 373 g/mol. The van der Waals surface area contributed by atoms with Crippen LogP contribution in [0.3, 0.4) is 0 Å². The number of nitrogens with one attached hydrogen (secondary N) is 2. The Morgan fingerprint density at radius 2 is 1.93 bits per heavy atom. The fraction of sp³-hybridized carbons (Fsp3) is 0.529. The first kappa shape index (κ1) is 19.4. The molecule has 1 aromatic carbocycles. The molecule has 2 saturated carbocycles. The quantitative estimate of drug-likeness (QED) is 0.691. The van der Waals surface area contributed by atoms with E-state index in [9.17, 15) is 31.9 Å². The van der Waals surface area contributed by atoms with E-state index in [1.807, 2.05) is 6.07 Å². The second-order valence-electron chi connectivity index (χ2n) is 6.93. The number of benzene rings is 1. The maximum absolute atomic E-state index is 13.3. The highest BCUT2D eigenvalue weighted by atomic mass is 19.4. The summed E-state index contributed by atoms with van der Waals surface area (Å²) < 4.78 is 65.6. The molecular formula is C17H16F5N3O2. The molecule has 0 aliphatic heterocycles. The Balaban J connectivity index is 1.75. The summed E-state index contributed by atoms with van der Waals surface area (Å²) in [6.45, 7) is 0. The first-order valence-electron chi connectivity index (χ1n) is 8.25. The lowest BCUT2D eigenvalue weighted by molar-refractivity contribution is -0.137. The second-order valence-corrected chi connectivity index (χ2v) is 6.93. The van der Waals surface area contributed by atoms with Gasteiger partial charge in [-0.3, -0.25) is 0 Å². The molecule has 5 nitrogen and oxygen atoms in total. The van der Waals surface area contributed by atoms with Crippen molar-refractivity contribution in [3.05, 3.63) is 29.3 Å². The number of halogens is 5. The van der Waals surface area contributed by atoms with Gasteiger partial charge in [-0.05, 0) is 36.6 Å². The molecule has 2 aliphatic rings. The number of carbonyl (C=O) groups excluding carboxylic acids is 1. The summed E-state index contributed by atoms with van der Waals surface area (Å²) in [6, 6.07) is 2.79. The number of carbonyl (C=O) groups is 1. The highest BCUT2D eigenvalue weighted by molar-refractivity contribution is 5.89. The monoisotopic (exact) mass is 389 g/mol. The summed E-state index contributed by atoms with van der Waals surface area (Å²) in [5, 5.41) is 23.3. The van der Waals surface area contributed by atoms with E-state index >= 15 is 0 Å². The van der Waals surface area contributed by atoms with Crippen LogP contribution in [0, 0.1) is 17.2 Å². The number of alkyl halides is 5. The number of anilines is 1. The SMILES string of the molecule is N#C[C@@H]1C[C@@H](O)[C@H](NC(=O)Nc2cc(C3CC3(F)F)cc(C(F)(F)F)c2)C1. The van der Waals surface area contributed by atoms with Gasteiger partial charge in [0.05, 0.1) is 35.6 Å². The van der Waals surface area contributed by atoms with Crippen molar-refractivity contribution < 1.29 is 31.9 Å². The molecule has 3 N–H and O–H groups in total. The van der Waals surface area contributed by atoms with Gasteiger partial charge in [0, 0.05) is 12.1 Å². The molecule has 0 spiro atoms. The smallest absolute Gasteiger partial charge is 0.391 e. The van der Waals surface area contributed by atoms with E-state index in [0.717, 1.165) is 6.07 Å². The molecule has 0 saturated heterocycles. The molecule has 0 radical (unpaired) electrons. The lowest BCUT2D eigenvalue weighted by atomic mass is 10.0. The number of urea groups is 1. The number of amides is 2. The second kappa shape index (κ2) is 6.64. The molecule has 1 unspecified atom stereocenters. The van der Waals surface area contributed by atoms with Crippen LogP contribution in [0.1, 0.15) is 36.3 Å². The largest absolute Gasteiger partial charge is 0.416 e. The van der Waals surface area contributed by atoms with E-state index in [-0.39, 0.29) is 24.1 Å². The average molecular weight is 389 g/mol. The third kappa shape index (κ3) is 4.30. The van der Waals surface area contributed by atoms with Crippen LogP contribution in [0.4, 0.5) is 32.4 Å². The van der Waals surface area contributed by atoms with Crippen LogP contribution in [-0.4, -0.2) is 29.2 Å². The van der Waals surface area contributed by atoms with Gasteiger partial charge >= 0.3 is 12.2 Å². The average Bonchev–Trinajstić information content (AvgIpc) is 3.05. The van der Waals surface area contributed by atoms with Crippen LogP contribution in [0.15, 0.2) is 18.2 Å². The van der Waals surface area contributed by atoms with E-state index in [4.69, 9.17) is 5.26 Å². The topological polar surface area (TPSA) is 85.2 Å². The van der Waals surface area contributed by atoms with E-state index in [1.54, 1.807) is 0 Å². The Bertz CT molecular complexity index is 790. The van der Waals surface area contributed by atoms with E-state index in [0.29, 0.717) is 12.1 Å². The van der Waals surface area contributed by atoms with Gasteiger partial charge < -0.3 is 15.7 Å². The van der Waals surface area contributed by atoms with Crippen molar-refractivity contribution in [3.8, 4) is 6.07 Å². The molecule has 2 aliphatic carbocycles. The first-order chi connectivity index (χ1) is 12.5. The number of hydrogen-bond acceptors (Lipinski definition) is 3. The number of aliphatic hydroxyl groups excluding tert-OH is 1. The molecule has 0 heterocycles.